The Balaban J connectivity index is 2.28. The Bertz CT molecular complexity index is 1200. The Morgan fingerprint density at radius 1 is 0.895 bits per heavy atom. The number of carboxylic acid groups (broad SMARTS) is 1. The lowest BCUT2D eigenvalue weighted by molar-refractivity contribution is -0.141. The Kier molecular flexibility index (Phi) is 11.1. The lowest BCUT2D eigenvalue weighted by Crippen LogP contribution is -2.58. The van der Waals surface area contributed by atoms with E-state index in [0.29, 0.717) is 5.56 Å². The van der Waals surface area contributed by atoms with E-state index in [-0.39, 0.29) is 25.0 Å². The van der Waals surface area contributed by atoms with Crippen molar-refractivity contribution in [3.8, 4) is 0 Å². The molecule has 0 fully saturated rings. The van der Waals surface area contributed by atoms with Crippen LogP contribution in [0.5, 0.6) is 0 Å². The predicted octanol–water partition coefficient (Wildman–Crippen LogP) is -2.35. The summed E-state index contributed by atoms with van der Waals surface area (Å²) in [5.74, 6) is -5.73. The number of para-hydroxylation sites is 1. The van der Waals surface area contributed by atoms with Crippen LogP contribution in [0, 0.1) is 0 Å². The van der Waals surface area contributed by atoms with E-state index < -0.39 is 66.1 Å². The van der Waals surface area contributed by atoms with Crippen molar-refractivity contribution in [1.29, 1.82) is 0 Å². The molecule has 0 radical (unpaired) electrons. The van der Waals surface area contributed by atoms with Gasteiger partial charge in [-0.2, -0.15) is 12.6 Å². The van der Waals surface area contributed by atoms with Crippen molar-refractivity contribution in [1.82, 2.24) is 20.9 Å². The molecule has 11 N–H and O–H groups in total. The number of hydrogen-bond donors (Lipinski definition) is 9. The standard InChI is InChI=1S/C23H31N7O7S/c24-13(5-6-18(25)31)20(33)28-16(8-19(26)32)22(35)29-15(21(34)30-17(10-38)23(36)37)7-11-9-27-14-4-2-1-3-12(11)14/h1-4,9,13,15-17,27,38H,5-8,10,24H2,(H2,25,31)(H2,26,32)(H,28,33)(H,29,35)(H,30,34)(H,36,37). The van der Waals surface area contributed by atoms with Crippen LogP contribution in [-0.4, -0.2) is 75.5 Å². The summed E-state index contributed by atoms with van der Waals surface area (Å²) in [6.07, 6.45) is 0.693. The number of primary amides is 2. The molecule has 0 aliphatic carbocycles. The summed E-state index contributed by atoms with van der Waals surface area (Å²) >= 11 is 3.93. The zero-order valence-corrected chi connectivity index (χ0v) is 21.2. The SMILES string of the molecule is NC(=O)CCC(N)C(=O)NC(CC(N)=O)C(=O)NC(Cc1c[nH]c2ccccc12)C(=O)NC(CS)C(=O)O. The first-order valence-electron chi connectivity index (χ1n) is 11.5. The number of nitrogens with two attached hydrogens (primary N) is 3. The molecule has 0 saturated heterocycles. The smallest absolute Gasteiger partial charge is 0.327 e. The van der Waals surface area contributed by atoms with Gasteiger partial charge >= 0.3 is 5.97 Å². The molecular weight excluding hydrogens is 518 g/mol. The number of H-pyrrole nitrogens is 1. The molecule has 4 unspecified atom stereocenters. The number of carbonyl (C=O) groups excluding carboxylic acids is 5. The molecule has 1 heterocycles. The van der Waals surface area contributed by atoms with Gasteiger partial charge in [-0.25, -0.2) is 4.79 Å². The van der Waals surface area contributed by atoms with Crippen molar-refractivity contribution < 1.29 is 33.9 Å². The van der Waals surface area contributed by atoms with Crippen LogP contribution in [0.3, 0.4) is 0 Å². The Hall–Kier alpha value is -4.11. The molecule has 0 bridgehead atoms. The Morgan fingerprint density at radius 2 is 1.50 bits per heavy atom. The summed E-state index contributed by atoms with van der Waals surface area (Å²) < 4.78 is 0. The highest BCUT2D eigenvalue weighted by Crippen LogP contribution is 2.19. The fourth-order valence-corrected chi connectivity index (χ4v) is 3.83. The molecule has 14 nitrogen and oxygen atoms in total. The van der Waals surface area contributed by atoms with E-state index in [0.717, 1.165) is 10.9 Å². The minimum absolute atomic E-state index is 0.0597. The predicted molar refractivity (Wildman–Crippen MR) is 139 cm³/mol. The minimum atomic E-state index is -1.50. The van der Waals surface area contributed by atoms with Gasteiger partial charge in [0.2, 0.25) is 29.5 Å². The summed E-state index contributed by atoms with van der Waals surface area (Å²) in [5, 5.41) is 17.2. The van der Waals surface area contributed by atoms with Crippen LogP contribution in [0.15, 0.2) is 30.5 Å². The van der Waals surface area contributed by atoms with Crippen LogP contribution in [0.2, 0.25) is 0 Å². The van der Waals surface area contributed by atoms with Crippen molar-refractivity contribution in [2.24, 2.45) is 17.2 Å². The van der Waals surface area contributed by atoms with E-state index >= 15 is 0 Å². The van der Waals surface area contributed by atoms with Crippen molar-refractivity contribution in [3.05, 3.63) is 36.0 Å². The average Bonchev–Trinajstić information content (AvgIpc) is 3.26. The van der Waals surface area contributed by atoms with Gasteiger partial charge in [0, 0.05) is 35.7 Å². The highest BCUT2D eigenvalue weighted by molar-refractivity contribution is 7.80. The number of rotatable bonds is 15. The third-order valence-corrected chi connectivity index (χ3v) is 5.97. The van der Waals surface area contributed by atoms with E-state index in [1.807, 2.05) is 12.1 Å². The molecule has 1 aromatic carbocycles. The summed E-state index contributed by atoms with van der Waals surface area (Å²) in [6, 6.07) is 1.86. The fourth-order valence-electron chi connectivity index (χ4n) is 3.58. The number of amides is 5. The van der Waals surface area contributed by atoms with Crippen LogP contribution < -0.4 is 33.2 Å². The largest absolute Gasteiger partial charge is 0.480 e. The molecule has 0 saturated carbocycles. The van der Waals surface area contributed by atoms with Gasteiger partial charge in [-0.05, 0) is 18.1 Å². The van der Waals surface area contributed by atoms with E-state index in [1.54, 1.807) is 18.3 Å². The number of carbonyl (C=O) groups is 6. The van der Waals surface area contributed by atoms with Gasteiger partial charge in [0.25, 0.3) is 0 Å². The monoisotopic (exact) mass is 549 g/mol. The molecule has 38 heavy (non-hydrogen) atoms. The lowest BCUT2D eigenvalue weighted by atomic mass is 10.0. The molecular formula is C23H31N7O7S. The number of aromatic nitrogens is 1. The van der Waals surface area contributed by atoms with Crippen molar-refractivity contribution >= 4 is 59.0 Å². The zero-order chi connectivity index (χ0) is 28.4. The fraction of sp³-hybridized carbons (Fsp3) is 0.391. The number of carboxylic acids is 1. The summed E-state index contributed by atoms with van der Waals surface area (Å²) in [5.41, 5.74) is 17.5. The van der Waals surface area contributed by atoms with Crippen LogP contribution in [-0.2, 0) is 35.2 Å². The van der Waals surface area contributed by atoms with Crippen LogP contribution >= 0.6 is 12.6 Å². The minimum Gasteiger partial charge on any atom is -0.480 e. The number of hydrogen-bond acceptors (Lipinski definition) is 8. The molecule has 5 amide bonds. The number of benzene rings is 1. The zero-order valence-electron chi connectivity index (χ0n) is 20.3. The third kappa shape index (κ3) is 8.77. The average molecular weight is 550 g/mol. The summed E-state index contributed by atoms with van der Waals surface area (Å²) in [6.45, 7) is 0. The van der Waals surface area contributed by atoms with Crippen molar-refractivity contribution in [2.45, 2.75) is 49.9 Å². The van der Waals surface area contributed by atoms with E-state index in [9.17, 15) is 33.9 Å². The Morgan fingerprint density at radius 3 is 2.11 bits per heavy atom. The molecule has 2 rings (SSSR count). The van der Waals surface area contributed by atoms with Crippen LogP contribution in [0.1, 0.15) is 24.8 Å². The molecule has 0 aliphatic heterocycles. The van der Waals surface area contributed by atoms with Crippen molar-refractivity contribution in [3.63, 3.8) is 0 Å². The second-order valence-electron chi connectivity index (χ2n) is 8.55. The van der Waals surface area contributed by atoms with E-state index in [1.165, 1.54) is 0 Å². The maximum absolute atomic E-state index is 13.1. The molecule has 4 atom stereocenters. The number of aliphatic carboxylic acids is 1. The molecule has 1 aromatic heterocycles. The number of nitrogens with one attached hydrogen (secondary N) is 4. The first kappa shape index (κ1) is 30.1. The molecule has 15 heteroatoms. The quantitative estimate of drug-likeness (QED) is 0.108. The Labute approximate surface area is 222 Å². The van der Waals surface area contributed by atoms with Gasteiger partial charge in [0.05, 0.1) is 12.5 Å². The van der Waals surface area contributed by atoms with Crippen LogP contribution in [0.25, 0.3) is 10.9 Å². The molecule has 2 aromatic rings. The van der Waals surface area contributed by atoms with Gasteiger partial charge in [-0.15, -0.1) is 0 Å². The topological polar surface area (TPSA) is 253 Å². The van der Waals surface area contributed by atoms with Crippen molar-refractivity contribution in [2.75, 3.05) is 5.75 Å². The number of aromatic amines is 1. The maximum Gasteiger partial charge on any atom is 0.327 e. The number of thiol groups is 1. The number of fused-ring (bicyclic) bond motifs is 1. The second kappa shape index (κ2) is 14.0. The van der Waals surface area contributed by atoms with Gasteiger partial charge in [-0.1, -0.05) is 18.2 Å². The molecule has 0 aliphatic rings. The summed E-state index contributed by atoms with van der Waals surface area (Å²) in [7, 11) is 0. The second-order valence-corrected chi connectivity index (χ2v) is 8.92. The van der Waals surface area contributed by atoms with Gasteiger partial charge in [0.1, 0.15) is 18.1 Å². The summed E-state index contributed by atoms with van der Waals surface area (Å²) in [4.78, 5) is 75.7. The first-order chi connectivity index (χ1) is 17.9. The molecule has 206 valence electrons. The lowest BCUT2D eigenvalue weighted by Gasteiger charge is -2.24. The van der Waals surface area contributed by atoms with E-state index in [2.05, 4.69) is 33.6 Å². The normalized spacial score (nSPS) is 14.1. The van der Waals surface area contributed by atoms with Crippen LogP contribution in [0.4, 0.5) is 0 Å². The van der Waals surface area contributed by atoms with Gasteiger partial charge in [0.15, 0.2) is 0 Å². The highest BCUT2D eigenvalue weighted by Gasteiger charge is 2.31. The van der Waals surface area contributed by atoms with Gasteiger partial charge < -0.3 is 43.2 Å². The van der Waals surface area contributed by atoms with E-state index in [4.69, 9.17) is 17.2 Å². The maximum atomic E-state index is 13.1. The first-order valence-corrected chi connectivity index (χ1v) is 12.2. The van der Waals surface area contributed by atoms with Gasteiger partial charge in [-0.3, -0.25) is 24.0 Å². The third-order valence-electron chi connectivity index (χ3n) is 5.61. The highest BCUT2D eigenvalue weighted by atomic mass is 32.1. The molecule has 0 spiro atoms.